The summed E-state index contributed by atoms with van der Waals surface area (Å²) in [5, 5.41) is 0. The van der Waals surface area contributed by atoms with E-state index in [1.54, 1.807) is 16.4 Å². The van der Waals surface area contributed by atoms with Crippen LogP contribution in [0, 0.1) is 6.92 Å². The second-order valence-electron chi connectivity index (χ2n) is 7.16. The fourth-order valence-electron chi connectivity index (χ4n) is 3.86. The van der Waals surface area contributed by atoms with E-state index >= 15 is 0 Å². The van der Waals surface area contributed by atoms with Gasteiger partial charge in [-0.25, -0.2) is 8.42 Å². The van der Waals surface area contributed by atoms with Crippen molar-refractivity contribution in [1.29, 1.82) is 0 Å². The van der Waals surface area contributed by atoms with E-state index in [0.29, 0.717) is 11.4 Å². The minimum Gasteiger partial charge on any atom is -0.207 e. The van der Waals surface area contributed by atoms with Crippen LogP contribution in [-0.4, -0.2) is 19.3 Å². The fourth-order valence-corrected chi connectivity index (χ4v) is 5.53. The van der Waals surface area contributed by atoms with Crippen molar-refractivity contribution < 1.29 is 8.42 Å². The zero-order chi connectivity index (χ0) is 18.9. The van der Waals surface area contributed by atoms with Crippen LogP contribution in [0.25, 0.3) is 0 Å². The van der Waals surface area contributed by atoms with E-state index in [2.05, 4.69) is 12.1 Å². The van der Waals surface area contributed by atoms with Crippen molar-refractivity contribution in [2.24, 2.45) is 0 Å². The number of hydrogen-bond acceptors (Lipinski definition) is 2. The van der Waals surface area contributed by atoms with Crippen LogP contribution in [0.1, 0.15) is 35.1 Å². The SMILES string of the molecule is Cc1ccc(S(=O)(=O)N2CC(c3ccccc3)CC2c2ccccc2)cc1. The van der Waals surface area contributed by atoms with Crippen molar-refractivity contribution in [2.75, 3.05) is 6.54 Å². The van der Waals surface area contributed by atoms with E-state index in [1.165, 1.54) is 5.56 Å². The first-order chi connectivity index (χ1) is 13.1. The lowest BCUT2D eigenvalue weighted by molar-refractivity contribution is 0.396. The summed E-state index contributed by atoms with van der Waals surface area (Å²) in [5.41, 5.74) is 3.30. The van der Waals surface area contributed by atoms with Crippen molar-refractivity contribution >= 4 is 10.0 Å². The van der Waals surface area contributed by atoms with E-state index in [-0.39, 0.29) is 12.0 Å². The molecule has 4 heteroatoms. The summed E-state index contributed by atoms with van der Waals surface area (Å²) >= 11 is 0. The quantitative estimate of drug-likeness (QED) is 0.647. The van der Waals surface area contributed by atoms with Gasteiger partial charge in [0.15, 0.2) is 0 Å². The highest BCUT2D eigenvalue weighted by molar-refractivity contribution is 7.89. The third kappa shape index (κ3) is 3.55. The molecular weight excluding hydrogens is 354 g/mol. The molecule has 0 amide bonds. The van der Waals surface area contributed by atoms with E-state index in [1.807, 2.05) is 67.6 Å². The highest BCUT2D eigenvalue weighted by Gasteiger charge is 2.41. The predicted molar refractivity (Wildman–Crippen MR) is 108 cm³/mol. The molecular formula is C23H23NO2S. The predicted octanol–water partition coefficient (Wildman–Crippen LogP) is 4.91. The average molecular weight is 378 g/mol. The molecule has 3 aromatic carbocycles. The van der Waals surface area contributed by atoms with Crippen LogP contribution in [0.5, 0.6) is 0 Å². The Labute approximate surface area is 161 Å². The Balaban J connectivity index is 1.74. The standard InChI is InChI=1S/C23H23NO2S/c1-18-12-14-22(15-13-18)27(25,26)24-17-21(19-8-4-2-5-9-19)16-23(24)20-10-6-3-7-11-20/h2-15,21,23H,16-17H2,1H3. The molecule has 1 saturated heterocycles. The molecule has 3 nitrogen and oxygen atoms in total. The normalized spacial score (nSPS) is 20.6. The molecule has 138 valence electrons. The molecule has 4 rings (SSSR count). The summed E-state index contributed by atoms with van der Waals surface area (Å²) in [6.07, 6.45) is 0.791. The minimum absolute atomic E-state index is 0.150. The number of sulfonamides is 1. The summed E-state index contributed by atoms with van der Waals surface area (Å²) < 4.78 is 28.5. The topological polar surface area (TPSA) is 37.4 Å². The summed E-state index contributed by atoms with van der Waals surface area (Å²) in [6, 6.07) is 27.2. The van der Waals surface area contributed by atoms with Gasteiger partial charge in [0.25, 0.3) is 0 Å². The molecule has 1 aliphatic heterocycles. The maximum Gasteiger partial charge on any atom is 0.243 e. The lowest BCUT2D eigenvalue weighted by atomic mass is 9.94. The first kappa shape index (κ1) is 18.0. The van der Waals surface area contributed by atoms with Crippen LogP contribution in [0.15, 0.2) is 89.8 Å². The van der Waals surface area contributed by atoms with E-state index in [4.69, 9.17) is 0 Å². The molecule has 1 aliphatic rings. The van der Waals surface area contributed by atoms with Crippen LogP contribution in [0.4, 0.5) is 0 Å². The Kier molecular flexibility index (Phi) is 4.85. The number of hydrogen-bond donors (Lipinski definition) is 0. The third-order valence-corrected chi connectivity index (χ3v) is 7.23. The van der Waals surface area contributed by atoms with Crippen LogP contribution in [0.2, 0.25) is 0 Å². The molecule has 0 aliphatic carbocycles. The van der Waals surface area contributed by atoms with Crippen LogP contribution in [-0.2, 0) is 10.0 Å². The molecule has 1 heterocycles. The summed E-state index contributed by atoms with van der Waals surface area (Å²) in [4.78, 5) is 0.364. The van der Waals surface area contributed by atoms with E-state index in [9.17, 15) is 8.42 Å². The van der Waals surface area contributed by atoms with Crippen molar-refractivity contribution in [3.63, 3.8) is 0 Å². The van der Waals surface area contributed by atoms with Crippen molar-refractivity contribution in [1.82, 2.24) is 4.31 Å². The van der Waals surface area contributed by atoms with Gasteiger partial charge >= 0.3 is 0 Å². The van der Waals surface area contributed by atoms with Gasteiger partial charge in [-0.3, -0.25) is 0 Å². The lowest BCUT2D eigenvalue weighted by Gasteiger charge is -2.24. The number of benzene rings is 3. The van der Waals surface area contributed by atoms with Gasteiger partial charge in [-0.15, -0.1) is 0 Å². The first-order valence-corrected chi connectivity index (χ1v) is 10.7. The molecule has 2 unspecified atom stereocenters. The summed E-state index contributed by atoms with van der Waals surface area (Å²) in [5.74, 6) is 0.191. The van der Waals surface area contributed by atoms with Gasteiger partial charge in [0.2, 0.25) is 10.0 Å². The Morgan fingerprint density at radius 2 is 1.33 bits per heavy atom. The Bertz CT molecular complexity index is 999. The number of nitrogens with zero attached hydrogens (tertiary/aromatic N) is 1. The monoisotopic (exact) mass is 377 g/mol. The molecule has 27 heavy (non-hydrogen) atoms. The maximum absolute atomic E-state index is 13.4. The highest BCUT2D eigenvalue weighted by Crippen LogP contribution is 2.43. The third-order valence-electron chi connectivity index (χ3n) is 5.34. The fraction of sp³-hybridized carbons (Fsp3) is 0.217. The van der Waals surface area contributed by atoms with Crippen molar-refractivity contribution in [2.45, 2.75) is 30.2 Å². The Morgan fingerprint density at radius 1 is 0.778 bits per heavy atom. The first-order valence-electron chi connectivity index (χ1n) is 9.24. The number of rotatable bonds is 4. The zero-order valence-electron chi connectivity index (χ0n) is 15.3. The van der Waals surface area contributed by atoms with Crippen LogP contribution in [0.3, 0.4) is 0 Å². The maximum atomic E-state index is 13.4. The van der Waals surface area contributed by atoms with E-state index < -0.39 is 10.0 Å². The second kappa shape index (κ2) is 7.29. The smallest absolute Gasteiger partial charge is 0.207 e. The zero-order valence-corrected chi connectivity index (χ0v) is 16.1. The Hall–Kier alpha value is -2.43. The van der Waals surface area contributed by atoms with Crippen molar-refractivity contribution in [3.05, 3.63) is 102 Å². The van der Waals surface area contributed by atoms with Crippen LogP contribution >= 0.6 is 0 Å². The van der Waals surface area contributed by atoms with E-state index in [0.717, 1.165) is 17.5 Å². The van der Waals surface area contributed by atoms with Gasteiger partial charge in [-0.1, -0.05) is 78.4 Å². The summed E-state index contributed by atoms with van der Waals surface area (Å²) in [6.45, 7) is 2.46. The van der Waals surface area contributed by atoms with Gasteiger partial charge in [-0.05, 0) is 42.5 Å². The highest BCUT2D eigenvalue weighted by atomic mass is 32.2. The molecule has 0 N–H and O–H groups in total. The van der Waals surface area contributed by atoms with Gasteiger partial charge in [0, 0.05) is 6.54 Å². The van der Waals surface area contributed by atoms with Gasteiger partial charge in [0.1, 0.15) is 0 Å². The molecule has 0 radical (unpaired) electrons. The molecule has 0 bridgehead atoms. The van der Waals surface area contributed by atoms with Gasteiger partial charge < -0.3 is 0 Å². The number of aryl methyl sites for hydroxylation is 1. The molecule has 0 aromatic heterocycles. The summed E-state index contributed by atoms with van der Waals surface area (Å²) in [7, 11) is -3.56. The van der Waals surface area contributed by atoms with Crippen molar-refractivity contribution in [3.8, 4) is 0 Å². The molecule has 0 saturated carbocycles. The molecule has 2 atom stereocenters. The Morgan fingerprint density at radius 3 is 1.93 bits per heavy atom. The van der Waals surface area contributed by atoms with Gasteiger partial charge in [0.05, 0.1) is 10.9 Å². The minimum atomic E-state index is -3.56. The van der Waals surface area contributed by atoms with Gasteiger partial charge in [-0.2, -0.15) is 4.31 Å². The molecule has 3 aromatic rings. The molecule has 0 spiro atoms. The largest absolute Gasteiger partial charge is 0.243 e. The molecule has 1 fully saturated rings. The lowest BCUT2D eigenvalue weighted by Crippen LogP contribution is -2.31. The van der Waals surface area contributed by atoms with Crippen LogP contribution < -0.4 is 0 Å². The second-order valence-corrected chi connectivity index (χ2v) is 9.05. The average Bonchev–Trinajstić information content (AvgIpc) is 3.16.